The second-order valence-corrected chi connectivity index (χ2v) is 3.18. The number of hydrogen-bond acceptors (Lipinski definition) is 3. The van der Waals surface area contributed by atoms with E-state index in [-0.39, 0.29) is 0 Å². The Labute approximate surface area is 74.9 Å². The highest BCUT2D eigenvalue weighted by Crippen LogP contribution is 2.17. The first-order valence-electron chi connectivity index (χ1n) is 3.62. The van der Waals surface area contributed by atoms with Gasteiger partial charge < -0.3 is 0 Å². The summed E-state index contributed by atoms with van der Waals surface area (Å²) in [6.45, 7) is 0. The van der Waals surface area contributed by atoms with E-state index in [9.17, 15) is 0 Å². The van der Waals surface area contributed by atoms with E-state index in [0.717, 1.165) is 15.8 Å². The number of nitrogens with two attached hydrogens (primary N) is 1. The van der Waals surface area contributed by atoms with Crippen molar-refractivity contribution in [2.45, 2.75) is 4.90 Å². The van der Waals surface area contributed by atoms with Gasteiger partial charge in [0.05, 0.1) is 5.52 Å². The number of rotatable bonds is 1. The van der Waals surface area contributed by atoms with Crippen LogP contribution in [0.2, 0.25) is 0 Å². The second kappa shape index (κ2) is 3.13. The molecule has 60 valence electrons. The molecular weight excluding hydrogens is 168 g/mol. The first-order valence-corrected chi connectivity index (χ1v) is 4.49. The van der Waals surface area contributed by atoms with Crippen LogP contribution in [0.4, 0.5) is 0 Å². The Morgan fingerprint density at radius 3 is 3.00 bits per heavy atom. The molecule has 1 aromatic heterocycles. The van der Waals surface area contributed by atoms with Crippen LogP contribution in [0.15, 0.2) is 41.4 Å². The van der Waals surface area contributed by atoms with Crippen molar-refractivity contribution >= 4 is 22.9 Å². The quantitative estimate of drug-likeness (QED) is 0.677. The molecule has 0 saturated heterocycles. The largest absolute Gasteiger partial charge is 0.274 e. The zero-order valence-corrected chi connectivity index (χ0v) is 7.21. The molecule has 0 aliphatic rings. The number of hydrogen-bond donors (Lipinski definition) is 1. The van der Waals surface area contributed by atoms with Gasteiger partial charge in [0.25, 0.3) is 0 Å². The van der Waals surface area contributed by atoms with Gasteiger partial charge in [-0.25, -0.2) is 0 Å². The van der Waals surface area contributed by atoms with Crippen molar-refractivity contribution in [3.63, 3.8) is 0 Å². The number of aromatic nitrogens is 1. The third-order valence-corrected chi connectivity index (χ3v) is 2.24. The van der Waals surface area contributed by atoms with E-state index in [0.29, 0.717) is 0 Å². The van der Waals surface area contributed by atoms with Crippen molar-refractivity contribution in [3.8, 4) is 0 Å². The van der Waals surface area contributed by atoms with Crippen molar-refractivity contribution in [2.75, 3.05) is 0 Å². The minimum Gasteiger partial charge on any atom is -0.274 e. The molecule has 0 aliphatic heterocycles. The fraction of sp³-hybridized carbons (Fsp3) is 0. The maximum Gasteiger partial charge on any atom is 0.0713 e. The average Bonchev–Trinajstić information content (AvgIpc) is 2.17. The molecular formula is C9H8N2S. The topological polar surface area (TPSA) is 38.9 Å². The third kappa shape index (κ3) is 1.29. The summed E-state index contributed by atoms with van der Waals surface area (Å²) in [5, 5.41) is 6.58. The van der Waals surface area contributed by atoms with Crippen LogP contribution in [0, 0.1) is 0 Å². The molecule has 1 heterocycles. The van der Waals surface area contributed by atoms with Crippen LogP contribution >= 0.6 is 11.9 Å². The Morgan fingerprint density at radius 1 is 1.25 bits per heavy atom. The van der Waals surface area contributed by atoms with Gasteiger partial charge in [-0.15, -0.1) is 0 Å². The summed E-state index contributed by atoms with van der Waals surface area (Å²) in [4.78, 5) is 5.26. The summed E-state index contributed by atoms with van der Waals surface area (Å²) in [5.41, 5.74) is 0.993. The van der Waals surface area contributed by atoms with Crippen LogP contribution in [-0.4, -0.2) is 4.98 Å². The van der Waals surface area contributed by atoms with Crippen LogP contribution in [0.25, 0.3) is 10.9 Å². The molecule has 2 nitrogen and oxygen atoms in total. The van der Waals surface area contributed by atoms with E-state index < -0.39 is 0 Å². The molecule has 3 heteroatoms. The molecule has 0 aliphatic carbocycles. The second-order valence-electron chi connectivity index (χ2n) is 2.48. The van der Waals surface area contributed by atoms with Gasteiger partial charge in [-0.3, -0.25) is 10.1 Å². The smallest absolute Gasteiger partial charge is 0.0713 e. The Morgan fingerprint density at radius 2 is 2.17 bits per heavy atom. The highest BCUT2D eigenvalue weighted by molar-refractivity contribution is 7.97. The number of fused-ring (bicyclic) bond motifs is 1. The third-order valence-electron chi connectivity index (χ3n) is 1.71. The molecule has 0 fully saturated rings. The van der Waals surface area contributed by atoms with E-state index in [1.165, 1.54) is 11.9 Å². The summed E-state index contributed by atoms with van der Waals surface area (Å²) in [6, 6.07) is 9.97. The molecule has 0 bridgehead atoms. The lowest BCUT2D eigenvalue weighted by atomic mass is 10.2. The van der Waals surface area contributed by atoms with Crippen LogP contribution in [-0.2, 0) is 0 Å². The van der Waals surface area contributed by atoms with Crippen LogP contribution in [0.5, 0.6) is 0 Å². The van der Waals surface area contributed by atoms with Gasteiger partial charge >= 0.3 is 0 Å². The average molecular weight is 176 g/mol. The summed E-state index contributed by atoms with van der Waals surface area (Å²) in [6.07, 6.45) is 1.79. The van der Waals surface area contributed by atoms with Crippen LogP contribution < -0.4 is 5.14 Å². The first-order chi connectivity index (χ1) is 5.90. The van der Waals surface area contributed by atoms with Crippen molar-refractivity contribution < 1.29 is 0 Å². The lowest BCUT2D eigenvalue weighted by Gasteiger charge is -1.97. The summed E-state index contributed by atoms with van der Waals surface area (Å²) in [7, 11) is 0. The summed E-state index contributed by atoms with van der Waals surface area (Å²) < 4.78 is 0. The van der Waals surface area contributed by atoms with Crippen molar-refractivity contribution in [2.24, 2.45) is 5.14 Å². The van der Waals surface area contributed by atoms with Crippen molar-refractivity contribution in [1.82, 2.24) is 4.98 Å². The van der Waals surface area contributed by atoms with Gasteiger partial charge in [0.1, 0.15) is 0 Å². The summed E-state index contributed by atoms with van der Waals surface area (Å²) >= 11 is 1.24. The highest BCUT2D eigenvalue weighted by Gasteiger charge is 1.94. The van der Waals surface area contributed by atoms with Crippen molar-refractivity contribution in [1.29, 1.82) is 0 Å². The maximum absolute atomic E-state index is 5.43. The van der Waals surface area contributed by atoms with E-state index in [4.69, 9.17) is 5.14 Å². The molecule has 0 radical (unpaired) electrons. The first kappa shape index (κ1) is 7.58. The minimum atomic E-state index is 0.993. The fourth-order valence-corrected chi connectivity index (χ4v) is 1.45. The van der Waals surface area contributed by atoms with Gasteiger partial charge in [0.2, 0.25) is 0 Å². The van der Waals surface area contributed by atoms with Crippen LogP contribution in [0.1, 0.15) is 0 Å². The number of benzene rings is 1. The standard InChI is InChI=1S/C9H8N2S/c10-12-8-4-3-7-2-1-5-11-9(7)6-8/h1-6H,10H2. The van der Waals surface area contributed by atoms with Gasteiger partial charge in [0, 0.05) is 16.5 Å². The van der Waals surface area contributed by atoms with Crippen molar-refractivity contribution in [3.05, 3.63) is 36.5 Å². The zero-order valence-electron chi connectivity index (χ0n) is 6.40. The Bertz CT molecular complexity index is 400. The number of nitrogens with zero attached hydrogens (tertiary/aromatic N) is 1. The Hall–Kier alpha value is -1.06. The predicted octanol–water partition coefficient (Wildman–Crippen LogP) is 2.20. The van der Waals surface area contributed by atoms with E-state index in [1.807, 2.05) is 30.3 Å². The van der Waals surface area contributed by atoms with E-state index in [1.54, 1.807) is 6.20 Å². The van der Waals surface area contributed by atoms with Crippen LogP contribution in [0.3, 0.4) is 0 Å². The number of pyridine rings is 1. The lowest BCUT2D eigenvalue weighted by molar-refractivity contribution is 1.38. The zero-order chi connectivity index (χ0) is 8.39. The molecule has 0 saturated carbocycles. The molecule has 0 spiro atoms. The molecule has 2 rings (SSSR count). The molecule has 1 aromatic carbocycles. The SMILES string of the molecule is NSc1ccc2cccnc2c1. The van der Waals surface area contributed by atoms with Gasteiger partial charge in [-0.1, -0.05) is 12.1 Å². The van der Waals surface area contributed by atoms with Gasteiger partial charge in [-0.05, 0) is 30.1 Å². The van der Waals surface area contributed by atoms with Gasteiger partial charge in [-0.2, -0.15) is 0 Å². The normalized spacial score (nSPS) is 10.4. The predicted molar refractivity (Wildman–Crippen MR) is 51.8 cm³/mol. The maximum atomic E-state index is 5.43. The molecule has 2 N–H and O–H groups in total. The highest BCUT2D eigenvalue weighted by atomic mass is 32.2. The molecule has 0 atom stereocenters. The molecule has 0 amide bonds. The molecule has 0 unspecified atom stereocenters. The van der Waals surface area contributed by atoms with Gasteiger partial charge in [0.15, 0.2) is 0 Å². The molecule has 2 aromatic rings. The molecule has 12 heavy (non-hydrogen) atoms. The monoisotopic (exact) mass is 176 g/mol. The minimum absolute atomic E-state index is 0.993. The fourth-order valence-electron chi connectivity index (χ4n) is 1.12. The Kier molecular flexibility index (Phi) is 1.98. The van der Waals surface area contributed by atoms with E-state index in [2.05, 4.69) is 4.98 Å². The lowest BCUT2D eigenvalue weighted by Crippen LogP contribution is -1.81. The van der Waals surface area contributed by atoms with E-state index >= 15 is 0 Å². The Balaban J connectivity index is 2.67. The summed E-state index contributed by atoms with van der Waals surface area (Å²) in [5.74, 6) is 0.